The first-order valence-corrected chi connectivity index (χ1v) is 9.84. The molecule has 4 rings (SSSR count). The van der Waals surface area contributed by atoms with Gasteiger partial charge in [-0.2, -0.15) is 0 Å². The third-order valence-corrected chi connectivity index (χ3v) is 5.44. The van der Waals surface area contributed by atoms with Gasteiger partial charge in [-0.1, -0.05) is 47.4 Å². The van der Waals surface area contributed by atoms with Gasteiger partial charge < -0.3 is 4.98 Å². The van der Waals surface area contributed by atoms with Crippen LogP contribution in [0.15, 0.2) is 53.7 Å². The lowest BCUT2D eigenvalue weighted by Gasteiger charge is -1.99. The highest BCUT2D eigenvalue weighted by molar-refractivity contribution is 7.99. The number of nitro groups is 1. The molecule has 0 atom stereocenters. The number of hydrogen-bond donors (Lipinski definition) is 2. The standard InChI is InChI=1S/C17H12N6O3S2/c24-14(9-27-16-18-12-6-1-2-7-13(12)19-16)20-17-22-21-15(28-17)10-4-3-5-11(8-10)23(25)26/h1-8H,9H2,(H,18,19)(H,20,22,24). The Bertz CT molecular complexity index is 1140. The van der Waals surface area contributed by atoms with Crippen LogP contribution in [0.3, 0.4) is 0 Å². The molecule has 4 aromatic rings. The number of nitro benzene ring substituents is 1. The fourth-order valence-electron chi connectivity index (χ4n) is 2.43. The predicted octanol–water partition coefficient (Wildman–Crippen LogP) is 3.72. The zero-order chi connectivity index (χ0) is 19.5. The van der Waals surface area contributed by atoms with Crippen molar-refractivity contribution in [2.45, 2.75) is 5.16 Å². The molecule has 1 amide bonds. The highest BCUT2D eigenvalue weighted by Crippen LogP contribution is 2.29. The van der Waals surface area contributed by atoms with Gasteiger partial charge in [0.1, 0.15) is 5.01 Å². The summed E-state index contributed by atoms with van der Waals surface area (Å²) in [6.45, 7) is 0. The Morgan fingerprint density at radius 2 is 2.07 bits per heavy atom. The molecule has 140 valence electrons. The fraction of sp³-hybridized carbons (Fsp3) is 0.0588. The Morgan fingerprint density at radius 3 is 2.89 bits per heavy atom. The van der Waals surface area contributed by atoms with E-state index in [0.717, 1.165) is 22.4 Å². The molecule has 11 heteroatoms. The maximum atomic E-state index is 12.2. The molecule has 0 saturated carbocycles. The van der Waals surface area contributed by atoms with E-state index in [0.29, 0.717) is 20.9 Å². The summed E-state index contributed by atoms with van der Waals surface area (Å²) in [5.41, 5.74) is 2.30. The van der Waals surface area contributed by atoms with Crippen molar-refractivity contribution in [1.29, 1.82) is 0 Å². The third kappa shape index (κ3) is 4.00. The highest BCUT2D eigenvalue weighted by atomic mass is 32.2. The van der Waals surface area contributed by atoms with Crippen LogP contribution in [0.5, 0.6) is 0 Å². The van der Waals surface area contributed by atoms with Crippen LogP contribution in [-0.4, -0.2) is 36.7 Å². The maximum absolute atomic E-state index is 12.2. The molecule has 2 aromatic heterocycles. The number of H-pyrrole nitrogens is 1. The van der Waals surface area contributed by atoms with Gasteiger partial charge in [0.05, 0.1) is 21.7 Å². The Kier molecular flexibility index (Phi) is 5.00. The molecule has 0 aliphatic rings. The maximum Gasteiger partial charge on any atom is 0.270 e. The number of nitrogens with one attached hydrogen (secondary N) is 2. The summed E-state index contributed by atoms with van der Waals surface area (Å²) >= 11 is 2.44. The molecule has 9 nitrogen and oxygen atoms in total. The molecule has 2 aromatic carbocycles. The number of anilines is 1. The Hall–Kier alpha value is -3.31. The van der Waals surface area contributed by atoms with Crippen molar-refractivity contribution in [1.82, 2.24) is 20.2 Å². The van der Waals surface area contributed by atoms with Crippen LogP contribution >= 0.6 is 23.1 Å². The number of para-hydroxylation sites is 2. The van der Waals surface area contributed by atoms with E-state index in [1.54, 1.807) is 12.1 Å². The number of aromatic amines is 1. The SMILES string of the molecule is O=C(CSc1nc2ccccc2[nH]1)Nc1nnc(-c2cccc([N+](=O)[O-])c2)s1. The second-order valence-electron chi connectivity index (χ2n) is 5.62. The van der Waals surface area contributed by atoms with Crippen LogP contribution in [0.2, 0.25) is 0 Å². The monoisotopic (exact) mass is 412 g/mol. The minimum Gasteiger partial charge on any atom is -0.333 e. The van der Waals surface area contributed by atoms with Crippen molar-refractivity contribution >= 4 is 50.9 Å². The average molecular weight is 412 g/mol. The molecule has 2 N–H and O–H groups in total. The summed E-state index contributed by atoms with van der Waals surface area (Å²) in [6.07, 6.45) is 0. The Labute approximate surface area is 166 Å². The molecule has 0 saturated heterocycles. The first-order chi connectivity index (χ1) is 13.6. The van der Waals surface area contributed by atoms with Crippen LogP contribution in [0.25, 0.3) is 21.6 Å². The normalized spacial score (nSPS) is 10.9. The van der Waals surface area contributed by atoms with E-state index in [2.05, 4.69) is 25.5 Å². The molecule has 0 aliphatic carbocycles. The van der Waals surface area contributed by atoms with Crippen molar-refractivity contribution in [3.63, 3.8) is 0 Å². The summed E-state index contributed by atoms with van der Waals surface area (Å²) in [7, 11) is 0. The molecule has 0 aliphatic heterocycles. The quantitative estimate of drug-likeness (QED) is 0.281. The van der Waals surface area contributed by atoms with Crippen LogP contribution < -0.4 is 5.32 Å². The Morgan fingerprint density at radius 1 is 1.21 bits per heavy atom. The van der Waals surface area contributed by atoms with E-state index in [1.165, 1.54) is 23.9 Å². The topological polar surface area (TPSA) is 127 Å². The predicted molar refractivity (Wildman–Crippen MR) is 107 cm³/mol. The summed E-state index contributed by atoms with van der Waals surface area (Å²) in [4.78, 5) is 30.1. The van der Waals surface area contributed by atoms with Crippen LogP contribution in [0.1, 0.15) is 0 Å². The number of hydrogen-bond acceptors (Lipinski definition) is 8. The van der Waals surface area contributed by atoms with Crippen LogP contribution in [0.4, 0.5) is 10.8 Å². The largest absolute Gasteiger partial charge is 0.333 e. The van der Waals surface area contributed by atoms with E-state index in [1.807, 2.05) is 24.3 Å². The van der Waals surface area contributed by atoms with E-state index in [4.69, 9.17) is 0 Å². The van der Waals surface area contributed by atoms with Crippen LogP contribution in [-0.2, 0) is 4.79 Å². The summed E-state index contributed by atoms with van der Waals surface area (Å²) < 4.78 is 0. The number of nitrogens with zero attached hydrogens (tertiary/aromatic N) is 4. The average Bonchev–Trinajstić information content (AvgIpc) is 3.33. The van der Waals surface area contributed by atoms with Gasteiger partial charge in [-0.25, -0.2) is 4.98 Å². The molecule has 0 unspecified atom stereocenters. The van der Waals surface area contributed by atoms with Gasteiger partial charge in [0.2, 0.25) is 11.0 Å². The van der Waals surface area contributed by atoms with Crippen molar-refractivity contribution in [3.8, 4) is 10.6 Å². The number of thioether (sulfide) groups is 1. The lowest BCUT2D eigenvalue weighted by molar-refractivity contribution is -0.384. The highest BCUT2D eigenvalue weighted by Gasteiger charge is 2.13. The molecule has 28 heavy (non-hydrogen) atoms. The summed E-state index contributed by atoms with van der Waals surface area (Å²) in [6, 6.07) is 13.7. The Balaban J connectivity index is 1.38. The smallest absolute Gasteiger partial charge is 0.270 e. The molecule has 0 fully saturated rings. The number of non-ortho nitro benzene ring substituents is 1. The zero-order valence-electron chi connectivity index (χ0n) is 14.2. The van der Waals surface area contributed by atoms with Gasteiger partial charge >= 0.3 is 0 Å². The fourth-order valence-corrected chi connectivity index (χ4v) is 3.87. The minimum atomic E-state index is -0.470. The van der Waals surface area contributed by atoms with E-state index in [-0.39, 0.29) is 17.3 Å². The number of aromatic nitrogens is 4. The van der Waals surface area contributed by atoms with Gasteiger partial charge in [-0.15, -0.1) is 10.2 Å². The van der Waals surface area contributed by atoms with Crippen molar-refractivity contribution in [3.05, 3.63) is 58.6 Å². The first kappa shape index (κ1) is 18.1. The van der Waals surface area contributed by atoms with E-state index >= 15 is 0 Å². The molecule has 2 heterocycles. The van der Waals surface area contributed by atoms with Gasteiger partial charge in [-0.05, 0) is 12.1 Å². The van der Waals surface area contributed by atoms with Gasteiger partial charge in [0.15, 0.2) is 5.16 Å². The van der Waals surface area contributed by atoms with Gasteiger partial charge in [0.25, 0.3) is 5.69 Å². The second kappa shape index (κ2) is 7.74. The second-order valence-corrected chi connectivity index (χ2v) is 7.56. The number of carbonyl (C=O) groups is 1. The van der Waals surface area contributed by atoms with Gasteiger partial charge in [-0.3, -0.25) is 20.2 Å². The number of amides is 1. The number of imidazole rings is 1. The third-order valence-electron chi connectivity index (χ3n) is 3.68. The molecule has 0 spiro atoms. The molecule has 0 bridgehead atoms. The van der Waals surface area contributed by atoms with E-state index < -0.39 is 4.92 Å². The number of rotatable bonds is 6. The summed E-state index contributed by atoms with van der Waals surface area (Å²) in [5.74, 6) is -0.0851. The lowest BCUT2D eigenvalue weighted by atomic mass is 10.2. The van der Waals surface area contributed by atoms with E-state index in [9.17, 15) is 14.9 Å². The summed E-state index contributed by atoms with van der Waals surface area (Å²) in [5, 5.41) is 23.0. The molecule has 0 radical (unpaired) electrons. The molecular formula is C17H12N6O3S2. The van der Waals surface area contributed by atoms with Crippen molar-refractivity contribution in [2.75, 3.05) is 11.1 Å². The van der Waals surface area contributed by atoms with Crippen molar-refractivity contribution in [2.24, 2.45) is 0 Å². The number of benzene rings is 2. The van der Waals surface area contributed by atoms with Crippen molar-refractivity contribution < 1.29 is 9.72 Å². The number of carbonyl (C=O) groups excluding carboxylic acids is 1. The first-order valence-electron chi connectivity index (χ1n) is 8.04. The minimum absolute atomic E-state index is 0.0273. The molecular weight excluding hydrogens is 400 g/mol. The zero-order valence-corrected chi connectivity index (χ0v) is 15.8. The van der Waals surface area contributed by atoms with Crippen LogP contribution in [0, 0.1) is 10.1 Å². The van der Waals surface area contributed by atoms with Gasteiger partial charge in [0, 0.05) is 17.7 Å². The number of fused-ring (bicyclic) bond motifs is 1. The lowest BCUT2D eigenvalue weighted by Crippen LogP contribution is -2.13.